The zero-order chi connectivity index (χ0) is 13.0. The molecule has 0 spiro atoms. The van der Waals surface area contributed by atoms with E-state index < -0.39 is 4.92 Å². The number of anilines is 1. The van der Waals surface area contributed by atoms with Crippen LogP contribution in [0.4, 0.5) is 11.4 Å². The third-order valence-electron chi connectivity index (χ3n) is 2.76. The smallest absolute Gasteiger partial charge is 0.311 e. The van der Waals surface area contributed by atoms with Crippen molar-refractivity contribution in [3.05, 3.63) is 28.3 Å². The number of nitro groups is 1. The summed E-state index contributed by atoms with van der Waals surface area (Å²) in [5.41, 5.74) is 0.810. The van der Waals surface area contributed by atoms with Crippen molar-refractivity contribution >= 4 is 11.4 Å². The van der Waals surface area contributed by atoms with Gasteiger partial charge < -0.3 is 14.8 Å². The molecule has 1 aliphatic heterocycles. The second kappa shape index (κ2) is 5.68. The molecule has 1 unspecified atom stereocenters. The molecule has 1 aliphatic rings. The highest BCUT2D eigenvalue weighted by Crippen LogP contribution is 2.30. The predicted molar refractivity (Wildman–Crippen MR) is 67.1 cm³/mol. The van der Waals surface area contributed by atoms with Crippen molar-refractivity contribution < 1.29 is 14.4 Å². The molecule has 18 heavy (non-hydrogen) atoms. The Morgan fingerprint density at radius 1 is 1.61 bits per heavy atom. The first-order chi connectivity index (χ1) is 8.70. The maximum atomic E-state index is 10.8. The van der Waals surface area contributed by atoms with E-state index in [1.165, 1.54) is 6.07 Å². The molecule has 0 aromatic heterocycles. The van der Waals surface area contributed by atoms with Crippen molar-refractivity contribution in [1.82, 2.24) is 0 Å². The average molecular weight is 252 g/mol. The minimum Gasteiger partial charge on any atom is -0.487 e. The van der Waals surface area contributed by atoms with Crippen LogP contribution >= 0.6 is 0 Å². The maximum Gasteiger partial charge on any atom is 0.311 e. The van der Waals surface area contributed by atoms with Crippen LogP contribution in [0.3, 0.4) is 0 Å². The van der Waals surface area contributed by atoms with E-state index in [9.17, 15) is 10.1 Å². The number of hydrogen-bond acceptors (Lipinski definition) is 5. The molecule has 6 nitrogen and oxygen atoms in total. The molecule has 1 atom stereocenters. The zero-order valence-corrected chi connectivity index (χ0v) is 10.2. The van der Waals surface area contributed by atoms with E-state index in [2.05, 4.69) is 5.32 Å². The molecule has 6 heteroatoms. The van der Waals surface area contributed by atoms with Gasteiger partial charge in [0, 0.05) is 24.4 Å². The Morgan fingerprint density at radius 2 is 2.44 bits per heavy atom. The van der Waals surface area contributed by atoms with Gasteiger partial charge in [-0.15, -0.1) is 0 Å². The Kier molecular flexibility index (Phi) is 3.99. The van der Waals surface area contributed by atoms with Crippen LogP contribution in [-0.2, 0) is 4.74 Å². The minimum absolute atomic E-state index is 0.00919. The summed E-state index contributed by atoms with van der Waals surface area (Å²) in [6, 6.07) is 5.09. The Morgan fingerprint density at radius 3 is 3.06 bits per heavy atom. The number of hydrogen-bond donors (Lipinski definition) is 1. The lowest BCUT2D eigenvalue weighted by molar-refractivity contribution is -0.385. The van der Waals surface area contributed by atoms with Gasteiger partial charge in [-0.25, -0.2) is 0 Å². The monoisotopic (exact) mass is 252 g/mol. The maximum absolute atomic E-state index is 10.8. The zero-order valence-electron chi connectivity index (χ0n) is 10.2. The fourth-order valence-corrected chi connectivity index (χ4v) is 1.91. The molecular weight excluding hydrogens is 236 g/mol. The second-order valence-electron chi connectivity index (χ2n) is 4.08. The quantitative estimate of drug-likeness (QED) is 0.642. The molecule has 98 valence electrons. The van der Waals surface area contributed by atoms with Gasteiger partial charge in [0.15, 0.2) is 5.75 Å². The largest absolute Gasteiger partial charge is 0.487 e. The Bertz CT molecular complexity index is 430. The van der Waals surface area contributed by atoms with Crippen molar-refractivity contribution in [2.75, 3.05) is 25.1 Å². The number of rotatable bonds is 5. The number of nitrogens with one attached hydrogen (secondary N) is 1. The lowest BCUT2D eigenvalue weighted by atomic mass is 10.2. The lowest BCUT2D eigenvalue weighted by Gasteiger charge is -2.13. The van der Waals surface area contributed by atoms with E-state index in [4.69, 9.17) is 9.47 Å². The summed E-state index contributed by atoms with van der Waals surface area (Å²) in [6.07, 6.45) is 0.945. The Balaban J connectivity index is 2.16. The van der Waals surface area contributed by atoms with Gasteiger partial charge in [0.2, 0.25) is 0 Å². The van der Waals surface area contributed by atoms with Gasteiger partial charge in [-0.2, -0.15) is 0 Å². The van der Waals surface area contributed by atoms with Crippen LogP contribution in [0.15, 0.2) is 18.2 Å². The molecule has 0 saturated carbocycles. The van der Waals surface area contributed by atoms with Crippen LogP contribution in [0.25, 0.3) is 0 Å². The standard InChI is InChI=1S/C12H16N2O4/c1-2-18-12-7-9(3-4-11(12)14(15)16)13-10-5-6-17-8-10/h3-4,7,10,13H,2,5-6,8H2,1H3. The number of nitro benzene ring substituents is 1. The third-order valence-corrected chi connectivity index (χ3v) is 2.76. The summed E-state index contributed by atoms with van der Waals surface area (Å²) in [7, 11) is 0. The number of ether oxygens (including phenoxy) is 2. The van der Waals surface area contributed by atoms with E-state index in [1.54, 1.807) is 19.1 Å². The van der Waals surface area contributed by atoms with Gasteiger partial charge in [0.25, 0.3) is 0 Å². The van der Waals surface area contributed by atoms with Crippen LogP contribution < -0.4 is 10.1 Å². The van der Waals surface area contributed by atoms with E-state index >= 15 is 0 Å². The molecule has 1 N–H and O–H groups in total. The first kappa shape index (κ1) is 12.6. The molecule has 1 saturated heterocycles. The predicted octanol–water partition coefficient (Wildman–Crippen LogP) is 2.19. The summed E-state index contributed by atoms with van der Waals surface area (Å²) >= 11 is 0. The van der Waals surface area contributed by atoms with Crippen LogP contribution in [0.2, 0.25) is 0 Å². The highest BCUT2D eigenvalue weighted by Gasteiger charge is 2.18. The minimum atomic E-state index is -0.437. The summed E-state index contributed by atoms with van der Waals surface area (Å²) in [5.74, 6) is 0.298. The molecule has 1 fully saturated rings. The molecule has 0 radical (unpaired) electrons. The summed E-state index contributed by atoms with van der Waals surface area (Å²) in [6.45, 7) is 3.62. The fraction of sp³-hybridized carbons (Fsp3) is 0.500. The van der Waals surface area contributed by atoms with E-state index in [0.717, 1.165) is 18.7 Å². The molecule has 0 amide bonds. The first-order valence-corrected chi connectivity index (χ1v) is 5.96. The van der Waals surface area contributed by atoms with Gasteiger partial charge in [0.05, 0.1) is 24.2 Å². The van der Waals surface area contributed by atoms with Gasteiger partial charge in [0.1, 0.15) is 0 Å². The normalized spacial score (nSPS) is 18.6. The van der Waals surface area contributed by atoms with Crippen LogP contribution in [0, 0.1) is 10.1 Å². The van der Waals surface area contributed by atoms with Gasteiger partial charge in [-0.05, 0) is 19.4 Å². The molecule has 0 bridgehead atoms. The van der Waals surface area contributed by atoms with Crippen LogP contribution in [0.1, 0.15) is 13.3 Å². The van der Waals surface area contributed by atoms with Crippen molar-refractivity contribution in [2.24, 2.45) is 0 Å². The van der Waals surface area contributed by atoms with Gasteiger partial charge in [-0.3, -0.25) is 10.1 Å². The van der Waals surface area contributed by atoms with E-state index in [-0.39, 0.29) is 11.7 Å². The number of nitrogens with zero attached hydrogens (tertiary/aromatic N) is 1. The van der Waals surface area contributed by atoms with Gasteiger partial charge >= 0.3 is 5.69 Å². The average Bonchev–Trinajstić information content (AvgIpc) is 2.82. The number of benzene rings is 1. The van der Waals surface area contributed by atoms with Crippen molar-refractivity contribution in [3.63, 3.8) is 0 Å². The Labute approximate surface area is 105 Å². The molecule has 0 aliphatic carbocycles. The summed E-state index contributed by atoms with van der Waals surface area (Å²) in [5, 5.41) is 14.1. The van der Waals surface area contributed by atoms with Crippen molar-refractivity contribution in [1.29, 1.82) is 0 Å². The SMILES string of the molecule is CCOc1cc(NC2CCOC2)ccc1[N+](=O)[O-]. The fourth-order valence-electron chi connectivity index (χ4n) is 1.91. The summed E-state index contributed by atoms with van der Waals surface area (Å²) < 4.78 is 10.6. The van der Waals surface area contributed by atoms with Crippen LogP contribution in [0.5, 0.6) is 5.75 Å². The molecular formula is C12H16N2O4. The highest BCUT2D eigenvalue weighted by molar-refractivity contribution is 5.58. The lowest BCUT2D eigenvalue weighted by Crippen LogP contribution is -2.18. The van der Waals surface area contributed by atoms with Crippen molar-refractivity contribution in [3.8, 4) is 5.75 Å². The molecule has 1 heterocycles. The molecule has 1 aromatic carbocycles. The molecule has 1 aromatic rings. The van der Waals surface area contributed by atoms with Gasteiger partial charge in [-0.1, -0.05) is 0 Å². The first-order valence-electron chi connectivity index (χ1n) is 5.96. The second-order valence-corrected chi connectivity index (χ2v) is 4.08. The Hall–Kier alpha value is -1.82. The van der Waals surface area contributed by atoms with Crippen LogP contribution in [-0.4, -0.2) is 30.8 Å². The molecule has 2 rings (SSSR count). The topological polar surface area (TPSA) is 73.6 Å². The van der Waals surface area contributed by atoms with E-state index in [1.807, 2.05) is 0 Å². The summed E-state index contributed by atoms with van der Waals surface area (Å²) in [4.78, 5) is 10.4. The van der Waals surface area contributed by atoms with E-state index in [0.29, 0.717) is 19.0 Å². The third kappa shape index (κ3) is 2.89. The van der Waals surface area contributed by atoms with Crippen molar-refractivity contribution in [2.45, 2.75) is 19.4 Å². The highest BCUT2D eigenvalue weighted by atomic mass is 16.6.